The summed E-state index contributed by atoms with van der Waals surface area (Å²) >= 11 is 0. The van der Waals surface area contributed by atoms with Crippen LogP contribution in [-0.2, 0) is 13.1 Å². The molecule has 3 aromatic carbocycles. The minimum Gasteiger partial charge on any atom is -0.493 e. The van der Waals surface area contributed by atoms with Gasteiger partial charge in [0, 0.05) is 24.9 Å². The Morgan fingerprint density at radius 1 is 0.815 bits per heavy atom. The first-order valence-corrected chi connectivity index (χ1v) is 9.09. The Labute approximate surface area is 160 Å². The highest BCUT2D eigenvalue weighted by atomic mass is 16.5. The van der Waals surface area contributed by atoms with Crippen molar-refractivity contribution < 1.29 is 9.47 Å². The van der Waals surface area contributed by atoms with E-state index in [1.165, 1.54) is 22.3 Å². The molecule has 27 heavy (non-hydrogen) atoms. The molecule has 1 heterocycles. The van der Waals surface area contributed by atoms with Gasteiger partial charge in [-0.25, -0.2) is 0 Å². The first-order chi connectivity index (χ1) is 13.3. The van der Waals surface area contributed by atoms with Crippen LogP contribution in [0.2, 0.25) is 0 Å². The number of hydrogen-bond acceptors (Lipinski definition) is 3. The van der Waals surface area contributed by atoms with Crippen LogP contribution in [0, 0.1) is 0 Å². The van der Waals surface area contributed by atoms with Gasteiger partial charge < -0.3 is 14.4 Å². The van der Waals surface area contributed by atoms with Crippen LogP contribution in [-0.4, -0.2) is 19.1 Å². The number of ether oxygens (including phenoxy) is 2. The third-order valence-electron chi connectivity index (χ3n) is 4.92. The van der Waals surface area contributed by atoms with Crippen molar-refractivity contribution in [1.82, 2.24) is 4.90 Å². The summed E-state index contributed by atoms with van der Waals surface area (Å²) in [6, 6.07) is 25.3. The van der Waals surface area contributed by atoms with Crippen LogP contribution in [0.3, 0.4) is 0 Å². The third-order valence-corrected chi connectivity index (χ3v) is 4.92. The van der Waals surface area contributed by atoms with Crippen LogP contribution in [0.5, 0.6) is 11.5 Å². The summed E-state index contributed by atoms with van der Waals surface area (Å²) in [5, 5.41) is 0. The fourth-order valence-electron chi connectivity index (χ4n) is 3.59. The van der Waals surface area contributed by atoms with Gasteiger partial charge in [0.05, 0.1) is 14.2 Å². The normalized spacial score (nSPS) is 13.0. The zero-order valence-corrected chi connectivity index (χ0v) is 15.7. The molecule has 0 amide bonds. The molecule has 3 aromatic rings. The van der Waals surface area contributed by atoms with E-state index < -0.39 is 0 Å². The van der Waals surface area contributed by atoms with E-state index in [-0.39, 0.29) is 0 Å². The Bertz CT molecular complexity index is 963. The summed E-state index contributed by atoms with van der Waals surface area (Å²) in [5.74, 6) is 1.49. The molecule has 0 aromatic heterocycles. The van der Waals surface area contributed by atoms with Crippen molar-refractivity contribution in [3.8, 4) is 11.5 Å². The molecule has 0 N–H and O–H groups in total. The fourth-order valence-corrected chi connectivity index (χ4v) is 3.59. The summed E-state index contributed by atoms with van der Waals surface area (Å²) in [7, 11) is 3.33. The smallest absolute Gasteiger partial charge is 0.161 e. The van der Waals surface area contributed by atoms with E-state index in [0.29, 0.717) is 0 Å². The van der Waals surface area contributed by atoms with Crippen molar-refractivity contribution in [2.75, 3.05) is 14.2 Å². The fraction of sp³-hybridized carbons (Fsp3) is 0.167. The van der Waals surface area contributed by atoms with E-state index in [1.54, 1.807) is 14.2 Å². The lowest BCUT2D eigenvalue weighted by atomic mass is 9.91. The highest BCUT2D eigenvalue weighted by Gasteiger charge is 2.19. The van der Waals surface area contributed by atoms with Crippen LogP contribution in [0.15, 0.2) is 79.0 Å². The monoisotopic (exact) mass is 357 g/mol. The minimum atomic E-state index is 0.743. The molecule has 0 saturated carbocycles. The summed E-state index contributed by atoms with van der Waals surface area (Å²) in [5.41, 5.74) is 6.24. The summed E-state index contributed by atoms with van der Waals surface area (Å²) in [6.45, 7) is 1.79. The van der Waals surface area contributed by atoms with Gasteiger partial charge in [-0.1, -0.05) is 60.7 Å². The Morgan fingerprint density at radius 3 is 2.33 bits per heavy atom. The number of methoxy groups -OCH3 is 2. The number of hydrogen-bond donors (Lipinski definition) is 0. The molecule has 0 radical (unpaired) electrons. The van der Waals surface area contributed by atoms with Crippen LogP contribution in [0.4, 0.5) is 0 Å². The lowest BCUT2D eigenvalue weighted by Crippen LogP contribution is -2.21. The number of benzene rings is 3. The van der Waals surface area contributed by atoms with Gasteiger partial charge in [0.15, 0.2) is 11.5 Å². The second kappa shape index (κ2) is 7.58. The molecule has 0 unspecified atom stereocenters. The van der Waals surface area contributed by atoms with E-state index in [2.05, 4.69) is 71.8 Å². The quantitative estimate of drug-likeness (QED) is 0.633. The lowest BCUT2D eigenvalue weighted by Gasteiger charge is -2.29. The Balaban J connectivity index is 1.75. The maximum Gasteiger partial charge on any atom is 0.161 e. The van der Waals surface area contributed by atoms with E-state index in [0.717, 1.165) is 30.2 Å². The molecular formula is C24H23NO2. The Morgan fingerprint density at radius 2 is 1.56 bits per heavy atom. The lowest BCUT2D eigenvalue weighted by molar-refractivity contribution is 0.354. The molecule has 0 aliphatic carbocycles. The molecular weight excluding hydrogens is 334 g/mol. The number of rotatable bonds is 5. The molecule has 0 atom stereocenters. The maximum atomic E-state index is 5.51. The predicted octanol–water partition coefficient (Wildman–Crippen LogP) is 5.11. The van der Waals surface area contributed by atoms with E-state index in [9.17, 15) is 0 Å². The Kier molecular flexibility index (Phi) is 4.84. The van der Waals surface area contributed by atoms with Crippen LogP contribution in [0.25, 0.3) is 5.57 Å². The van der Waals surface area contributed by atoms with Crippen molar-refractivity contribution >= 4 is 5.57 Å². The van der Waals surface area contributed by atoms with Crippen LogP contribution >= 0.6 is 0 Å². The molecule has 3 nitrogen and oxygen atoms in total. The van der Waals surface area contributed by atoms with Gasteiger partial charge in [0.1, 0.15) is 0 Å². The van der Waals surface area contributed by atoms with E-state index in [1.807, 2.05) is 12.1 Å². The van der Waals surface area contributed by atoms with Gasteiger partial charge in [-0.2, -0.15) is 0 Å². The van der Waals surface area contributed by atoms with Gasteiger partial charge >= 0.3 is 0 Å². The SMILES string of the molecule is COc1ccc(C2=CN(Cc3ccccc3)Cc3ccccc32)cc1OC. The molecule has 1 aliphatic rings. The molecule has 136 valence electrons. The van der Waals surface area contributed by atoms with Gasteiger partial charge in [-0.15, -0.1) is 0 Å². The van der Waals surface area contributed by atoms with Crippen LogP contribution < -0.4 is 9.47 Å². The van der Waals surface area contributed by atoms with Crippen molar-refractivity contribution in [1.29, 1.82) is 0 Å². The van der Waals surface area contributed by atoms with Crippen molar-refractivity contribution in [3.63, 3.8) is 0 Å². The topological polar surface area (TPSA) is 21.7 Å². The minimum absolute atomic E-state index is 0.743. The highest BCUT2D eigenvalue weighted by Crippen LogP contribution is 2.36. The molecule has 0 spiro atoms. The predicted molar refractivity (Wildman–Crippen MR) is 109 cm³/mol. The number of fused-ring (bicyclic) bond motifs is 1. The summed E-state index contributed by atoms with van der Waals surface area (Å²) < 4.78 is 10.9. The van der Waals surface area contributed by atoms with E-state index in [4.69, 9.17) is 9.47 Å². The Hall–Kier alpha value is -3.20. The summed E-state index contributed by atoms with van der Waals surface area (Å²) in [4.78, 5) is 2.36. The first-order valence-electron chi connectivity index (χ1n) is 9.09. The zero-order valence-electron chi connectivity index (χ0n) is 15.7. The van der Waals surface area contributed by atoms with Crippen molar-refractivity contribution in [2.24, 2.45) is 0 Å². The molecule has 0 bridgehead atoms. The highest BCUT2D eigenvalue weighted by molar-refractivity contribution is 5.83. The first kappa shape index (κ1) is 17.2. The standard InChI is InChI=1S/C24H23NO2/c1-26-23-13-12-19(14-24(23)27-2)22-17-25(15-18-8-4-3-5-9-18)16-20-10-6-7-11-21(20)22/h3-14,17H,15-16H2,1-2H3. The average Bonchev–Trinajstić information content (AvgIpc) is 2.73. The molecule has 4 rings (SSSR count). The molecule has 0 saturated heterocycles. The second-order valence-corrected chi connectivity index (χ2v) is 6.66. The molecule has 3 heteroatoms. The van der Waals surface area contributed by atoms with Crippen LogP contribution in [0.1, 0.15) is 22.3 Å². The maximum absolute atomic E-state index is 5.51. The van der Waals surface area contributed by atoms with Crippen molar-refractivity contribution in [2.45, 2.75) is 13.1 Å². The van der Waals surface area contributed by atoms with E-state index >= 15 is 0 Å². The van der Waals surface area contributed by atoms with Gasteiger partial charge in [0.25, 0.3) is 0 Å². The largest absolute Gasteiger partial charge is 0.493 e. The second-order valence-electron chi connectivity index (χ2n) is 6.66. The van der Waals surface area contributed by atoms with Crippen molar-refractivity contribution in [3.05, 3.63) is 101 Å². The average molecular weight is 357 g/mol. The molecule has 0 fully saturated rings. The van der Waals surface area contributed by atoms with Gasteiger partial charge in [-0.05, 0) is 34.4 Å². The third kappa shape index (κ3) is 3.54. The zero-order chi connectivity index (χ0) is 18.6. The summed E-state index contributed by atoms with van der Waals surface area (Å²) in [6.07, 6.45) is 2.26. The van der Waals surface area contributed by atoms with Gasteiger partial charge in [0.2, 0.25) is 0 Å². The molecule has 1 aliphatic heterocycles. The number of nitrogens with zero attached hydrogens (tertiary/aromatic N) is 1. The van der Waals surface area contributed by atoms with Gasteiger partial charge in [-0.3, -0.25) is 0 Å².